The van der Waals surface area contributed by atoms with E-state index in [-0.39, 0.29) is 11.4 Å². The number of rotatable bonds is 3. The standard InChI is InChI=1S/C16H24FN/c1-16(2,3)18-11-5-8-15(18)10-9-13-6-4-7-14(17)12-13/h4,6-7,12,15H,5,8-11H2,1-3H3/t15-/m0/s1. The second-order valence-electron chi connectivity index (χ2n) is 6.33. The zero-order valence-corrected chi connectivity index (χ0v) is 11.7. The normalized spacial score (nSPS) is 21.4. The summed E-state index contributed by atoms with van der Waals surface area (Å²) in [5.74, 6) is -0.119. The number of aryl methyl sites for hydroxylation is 1. The summed E-state index contributed by atoms with van der Waals surface area (Å²) in [7, 11) is 0. The first kappa shape index (κ1) is 13.5. The van der Waals surface area contributed by atoms with Crippen LogP contribution in [0.3, 0.4) is 0 Å². The number of nitrogens with zero attached hydrogens (tertiary/aromatic N) is 1. The summed E-state index contributed by atoms with van der Waals surface area (Å²) < 4.78 is 13.1. The molecule has 18 heavy (non-hydrogen) atoms. The van der Waals surface area contributed by atoms with E-state index >= 15 is 0 Å². The smallest absolute Gasteiger partial charge is 0.123 e. The van der Waals surface area contributed by atoms with Gasteiger partial charge in [-0.15, -0.1) is 0 Å². The fourth-order valence-electron chi connectivity index (χ4n) is 3.04. The van der Waals surface area contributed by atoms with Crippen LogP contribution in [0.5, 0.6) is 0 Å². The van der Waals surface area contributed by atoms with E-state index in [4.69, 9.17) is 0 Å². The van der Waals surface area contributed by atoms with Gasteiger partial charge in [0.15, 0.2) is 0 Å². The first-order chi connectivity index (χ1) is 8.47. The molecule has 0 amide bonds. The van der Waals surface area contributed by atoms with Gasteiger partial charge in [0.25, 0.3) is 0 Å². The molecule has 1 heterocycles. The minimum absolute atomic E-state index is 0.119. The van der Waals surface area contributed by atoms with Crippen LogP contribution in [0.25, 0.3) is 0 Å². The van der Waals surface area contributed by atoms with Gasteiger partial charge in [-0.3, -0.25) is 4.90 Å². The van der Waals surface area contributed by atoms with Crippen molar-refractivity contribution in [3.05, 3.63) is 35.6 Å². The first-order valence-electron chi connectivity index (χ1n) is 6.98. The fourth-order valence-corrected chi connectivity index (χ4v) is 3.04. The molecule has 1 aliphatic rings. The predicted octanol–water partition coefficient (Wildman–Crippen LogP) is 4.02. The van der Waals surface area contributed by atoms with Crippen LogP contribution in [0.4, 0.5) is 4.39 Å². The van der Waals surface area contributed by atoms with E-state index < -0.39 is 0 Å². The number of halogens is 1. The van der Waals surface area contributed by atoms with Gasteiger partial charge in [-0.05, 0) is 70.7 Å². The van der Waals surface area contributed by atoms with Crippen LogP contribution in [0.15, 0.2) is 24.3 Å². The Morgan fingerprint density at radius 2 is 2.11 bits per heavy atom. The lowest BCUT2D eigenvalue weighted by atomic mass is 9.99. The summed E-state index contributed by atoms with van der Waals surface area (Å²) in [6.07, 6.45) is 4.70. The number of hydrogen-bond donors (Lipinski definition) is 0. The molecule has 1 atom stereocenters. The molecule has 0 spiro atoms. The minimum Gasteiger partial charge on any atom is -0.296 e. The van der Waals surface area contributed by atoms with E-state index in [1.54, 1.807) is 12.1 Å². The van der Waals surface area contributed by atoms with Crippen LogP contribution in [-0.2, 0) is 6.42 Å². The molecule has 0 saturated carbocycles. The van der Waals surface area contributed by atoms with Gasteiger partial charge >= 0.3 is 0 Å². The molecule has 1 aromatic rings. The molecule has 2 heteroatoms. The van der Waals surface area contributed by atoms with Crippen molar-refractivity contribution in [1.29, 1.82) is 0 Å². The lowest BCUT2D eigenvalue weighted by Gasteiger charge is -2.37. The van der Waals surface area contributed by atoms with Gasteiger partial charge in [0.1, 0.15) is 5.82 Å². The zero-order chi connectivity index (χ0) is 13.2. The lowest BCUT2D eigenvalue weighted by Crippen LogP contribution is -2.44. The molecule has 0 N–H and O–H groups in total. The molecule has 100 valence electrons. The summed E-state index contributed by atoms with van der Waals surface area (Å²) in [5, 5.41) is 0. The van der Waals surface area contributed by atoms with Gasteiger partial charge in [0.2, 0.25) is 0 Å². The Hall–Kier alpha value is -0.890. The lowest BCUT2D eigenvalue weighted by molar-refractivity contribution is 0.116. The fraction of sp³-hybridized carbons (Fsp3) is 0.625. The SMILES string of the molecule is CC(C)(C)N1CCC[C@H]1CCc1cccc(F)c1. The zero-order valence-electron chi connectivity index (χ0n) is 11.7. The molecule has 0 aromatic heterocycles. The molecule has 0 radical (unpaired) electrons. The summed E-state index contributed by atoms with van der Waals surface area (Å²) in [6.45, 7) is 8.06. The molecular weight excluding hydrogens is 225 g/mol. The second kappa shape index (κ2) is 5.40. The van der Waals surface area contributed by atoms with Crippen LogP contribution in [0.2, 0.25) is 0 Å². The van der Waals surface area contributed by atoms with Gasteiger partial charge in [0, 0.05) is 11.6 Å². The van der Waals surface area contributed by atoms with Crippen LogP contribution in [0, 0.1) is 5.82 Å². The van der Waals surface area contributed by atoms with Crippen LogP contribution in [0.1, 0.15) is 45.6 Å². The Kier molecular flexibility index (Phi) is 4.06. The van der Waals surface area contributed by atoms with E-state index in [0.717, 1.165) is 18.4 Å². The van der Waals surface area contributed by atoms with Crippen LogP contribution < -0.4 is 0 Å². The molecule has 1 aromatic carbocycles. The Morgan fingerprint density at radius 1 is 1.33 bits per heavy atom. The largest absolute Gasteiger partial charge is 0.296 e. The Balaban J connectivity index is 1.94. The van der Waals surface area contributed by atoms with Gasteiger partial charge in [-0.25, -0.2) is 4.39 Å². The van der Waals surface area contributed by atoms with Gasteiger partial charge in [0.05, 0.1) is 0 Å². The third-order valence-corrected chi connectivity index (χ3v) is 3.89. The summed E-state index contributed by atoms with van der Waals surface area (Å²) in [4.78, 5) is 2.60. The van der Waals surface area contributed by atoms with E-state index in [0.29, 0.717) is 6.04 Å². The van der Waals surface area contributed by atoms with Crippen molar-refractivity contribution in [2.45, 2.75) is 58.0 Å². The van der Waals surface area contributed by atoms with Crippen molar-refractivity contribution >= 4 is 0 Å². The van der Waals surface area contributed by atoms with Crippen molar-refractivity contribution in [2.75, 3.05) is 6.54 Å². The maximum atomic E-state index is 13.1. The minimum atomic E-state index is -0.119. The Morgan fingerprint density at radius 3 is 2.78 bits per heavy atom. The third-order valence-electron chi connectivity index (χ3n) is 3.89. The van der Waals surface area contributed by atoms with Crippen molar-refractivity contribution < 1.29 is 4.39 Å². The molecule has 1 aliphatic heterocycles. The molecular formula is C16H24FN. The quantitative estimate of drug-likeness (QED) is 0.782. The van der Waals surface area contributed by atoms with Crippen molar-refractivity contribution in [2.24, 2.45) is 0 Å². The average molecular weight is 249 g/mol. The second-order valence-corrected chi connectivity index (χ2v) is 6.33. The topological polar surface area (TPSA) is 3.24 Å². The number of benzene rings is 1. The van der Waals surface area contributed by atoms with Crippen molar-refractivity contribution in [3.8, 4) is 0 Å². The van der Waals surface area contributed by atoms with Gasteiger partial charge < -0.3 is 0 Å². The third kappa shape index (κ3) is 3.32. The van der Waals surface area contributed by atoms with Gasteiger partial charge in [-0.1, -0.05) is 12.1 Å². The summed E-state index contributed by atoms with van der Waals surface area (Å²) in [6, 6.07) is 7.67. The van der Waals surface area contributed by atoms with E-state index in [2.05, 4.69) is 25.7 Å². The maximum absolute atomic E-state index is 13.1. The van der Waals surface area contributed by atoms with E-state index in [9.17, 15) is 4.39 Å². The monoisotopic (exact) mass is 249 g/mol. The van der Waals surface area contributed by atoms with Crippen LogP contribution >= 0.6 is 0 Å². The number of likely N-dealkylation sites (tertiary alicyclic amines) is 1. The number of hydrogen-bond acceptors (Lipinski definition) is 1. The molecule has 2 rings (SSSR count). The van der Waals surface area contributed by atoms with Gasteiger partial charge in [-0.2, -0.15) is 0 Å². The highest BCUT2D eigenvalue weighted by Gasteiger charge is 2.32. The summed E-state index contributed by atoms with van der Waals surface area (Å²) >= 11 is 0. The Bertz CT molecular complexity index is 394. The average Bonchev–Trinajstić information content (AvgIpc) is 2.74. The molecule has 1 fully saturated rings. The van der Waals surface area contributed by atoms with E-state index in [1.807, 2.05) is 6.07 Å². The molecule has 0 bridgehead atoms. The highest BCUT2D eigenvalue weighted by Crippen LogP contribution is 2.29. The van der Waals surface area contributed by atoms with Crippen molar-refractivity contribution in [1.82, 2.24) is 4.90 Å². The molecule has 1 nitrogen and oxygen atoms in total. The summed E-state index contributed by atoms with van der Waals surface area (Å²) in [5.41, 5.74) is 1.37. The maximum Gasteiger partial charge on any atom is 0.123 e. The highest BCUT2D eigenvalue weighted by atomic mass is 19.1. The molecule has 0 unspecified atom stereocenters. The van der Waals surface area contributed by atoms with Crippen LogP contribution in [-0.4, -0.2) is 23.0 Å². The molecule has 0 aliphatic carbocycles. The predicted molar refractivity (Wildman–Crippen MR) is 74.2 cm³/mol. The Labute approximate surface area is 110 Å². The first-order valence-corrected chi connectivity index (χ1v) is 6.98. The highest BCUT2D eigenvalue weighted by molar-refractivity contribution is 5.16. The van der Waals surface area contributed by atoms with E-state index in [1.165, 1.54) is 25.5 Å². The van der Waals surface area contributed by atoms with Crippen molar-refractivity contribution in [3.63, 3.8) is 0 Å². The molecule has 1 saturated heterocycles.